The summed E-state index contributed by atoms with van der Waals surface area (Å²) in [6.07, 6.45) is -4.36. The molecule has 9 heteroatoms. The van der Waals surface area contributed by atoms with Crippen LogP contribution in [-0.2, 0) is 12.7 Å². The van der Waals surface area contributed by atoms with E-state index in [9.17, 15) is 18.0 Å². The zero-order valence-electron chi connectivity index (χ0n) is 10.6. The Morgan fingerprint density at radius 1 is 1.29 bits per heavy atom. The molecule has 0 saturated carbocycles. The van der Waals surface area contributed by atoms with Crippen molar-refractivity contribution in [3.8, 4) is 0 Å². The lowest BCUT2D eigenvalue weighted by molar-refractivity contribution is -0.137. The first kappa shape index (κ1) is 15.1. The van der Waals surface area contributed by atoms with Gasteiger partial charge in [-0.25, -0.2) is 0 Å². The van der Waals surface area contributed by atoms with Gasteiger partial charge < -0.3 is 16.8 Å². The van der Waals surface area contributed by atoms with Gasteiger partial charge in [0.25, 0.3) is 5.91 Å². The lowest BCUT2D eigenvalue weighted by atomic mass is 10.1. The molecule has 1 amide bonds. The van der Waals surface area contributed by atoms with E-state index in [1.807, 2.05) is 0 Å². The number of nitrogens with one attached hydrogen (secondary N) is 1. The number of carbonyl (C=O) groups is 1. The van der Waals surface area contributed by atoms with Crippen LogP contribution in [0.2, 0.25) is 0 Å². The molecule has 0 radical (unpaired) electrons. The predicted molar refractivity (Wildman–Crippen MR) is 73.8 cm³/mol. The number of aromatic nitrogens is 1. The number of rotatable bonds is 4. The second kappa shape index (κ2) is 5.60. The van der Waals surface area contributed by atoms with E-state index in [2.05, 4.69) is 9.69 Å². The highest BCUT2D eigenvalue weighted by Crippen LogP contribution is 2.30. The Labute approximate surface area is 121 Å². The Bertz CT molecular complexity index is 652. The second-order valence-corrected chi connectivity index (χ2v) is 4.96. The average Bonchev–Trinajstić information content (AvgIpc) is 2.77. The van der Waals surface area contributed by atoms with Crippen LogP contribution in [0.15, 0.2) is 24.3 Å². The number of alkyl halides is 3. The number of halogens is 3. The van der Waals surface area contributed by atoms with E-state index in [1.165, 1.54) is 12.1 Å². The molecule has 0 atom stereocenters. The molecule has 1 aromatic heterocycles. The number of primary amides is 1. The molecular weight excluding hydrogens is 305 g/mol. The van der Waals surface area contributed by atoms with Gasteiger partial charge in [-0.1, -0.05) is 12.1 Å². The fraction of sp³-hybridized carbons (Fsp3) is 0.167. The lowest BCUT2D eigenvalue weighted by Gasteiger charge is -2.08. The summed E-state index contributed by atoms with van der Waals surface area (Å²) in [5.41, 5.74) is 10.7. The fourth-order valence-corrected chi connectivity index (χ4v) is 2.37. The predicted octanol–water partition coefficient (Wildman–Crippen LogP) is 2.46. The second-order valence-electron chi connectivity index (χ2n) is 4.18. The summed E-state index contributed by atoms with van der Waals surface area (Å²) in [5.74, 6) is -0.682. The average molecular weight is 316 g/mol. The number of anilines is 2. The Balaban J connectivity index is 2.09. The quantitative estimate of drug-likeness (QED) is 0.807. The molecule has 0 bridgehead atoms. The van der Waals surface area contributed by atoms with Gasteiger partial charge >= 0.3 is 6.18 Å². The van der Waals surface area contributed by atoms with Crippen molar-refractivity contribution in [1.29, 1.82) is 0 Å². The summed E-state index contributed by atoms with van der Waals surface area (Å²) in [7, 11) is 0. The number of nitrogens with two attached hydrogens (primary N) is 2. The van der Waals surface area contributed by atoms with Crippen LogP contribution in [0.4, 0.5) is 24.0 Å². The molecule has 2 aromatic rings. The van der Waals surface area contributed by atoms with E-state index >= 15 is 0 Å². The van der Waals surface area contributed by atoms with Crippen LogP contribution in [0.5, 0.6) is 0 Å². The van der Waals surface area contributed by atoms with Crippen molar-refractivity contribution in [2.45, 2.75) is 12.7 Å². The molecule has 2 rings (SSSR count). The largest absolute Gasteiger partial charge is 0.416 e. The van der Waals surface area contributed by atoms with Crippen molar-refractivity contribution in [2.24, 2.45) is 5.73 Å². The number of hydrogen-bond donors (Lipinski definition) is 3. The van der Waals surface area contributed by atoms with E-state index < -0.39 is 17.6 Å². The van der Waals surface area contributed by atoms with Crippen LogP contribution in [-0.4, -0.2) is 10.3 Å². The summed E-state index contributed by atoms with van der Waals surface area (Å²) < 4.78 is 41.1. The third kappa shape index (κ3) is 3.43. The van der Waals surface area contributed by atoms with Crippen molar-refractivity contribution < 1.29 is 18.0 Å². The number of amides is 1. The van der Waals surface area contributed by atoms with Gasteiger partial charge in [0.2, 0.25) is 0 Å². The summed E-state index contributed by atoms with van der Waals surface area (Å²) in [6.45, 7) is 0.222. The third-order valence-corrected chi connectivity index (χ3v) is 3.52. The van der Waals surface area contributed by atoms with E-state index in [-0.39, 0.29) is 17.9 Å². The molecule has 0 aliphatic carbocycles. The standard InChI is InChI=1S/C12H11F3N4OS/c13-12(14,15)7-3-1-6(2-4-7)5-18-11-8(10(17)20)9(16)19-21-11/h1-4,18H,5H2,(H2,16,19)(H2,17,20). The van der Waals surface area contributed by atoms with Gasteiger partial charge in [0.1, 0.15) is 10.6 Å². The first-order chi connectivity index (χ1) is 9.79. The topological polar surface area (TPSA) is 94.0 Å². The molecule has 21 heavy (non-hydrogen) atoms. The minimum absolute atomic E-state index is 0.0300. The number of nitrogens with zero attached hydrogens (tertiary/aromatic N) is 1. The van der Waals surface area contributed by atoms with Crippen molar-refractivity contribution in [3.05, 3.63) is 41.0 Å². The highest BCUT2D eigenvalue weighted by atomic mass is 32.1. The summed E-state index contributed by atoms with van der Waals surface area (Å²) in [5, 5.41) is 3.27. The molecule has 5 N–H and O–H groups in total. The normalized spacial score (nSPS) is 11.4. The first-order valence-corrected chi connectivity index (χ1v) is 6.51. The maximum atomic E-state index is 12.4. The van der Waals surface area contributed by atoms with Gasteiger partial charge in [0, 0.05) is 6.54 Å². The summed E-state index contributed by atoms with van der Waals surface area (Å²) >= 11 is 0.964. The Morgan fingerprint density at radius 3 is 2.43 bits per heavy atom. The van der Waals surface area contributed by atoms with E-state index in [4.69, 9.17) is 11.5 Å². The third-order valence-electron chi connectivity index (χ3n) is 2.70. The molecule has 0 saturated heterocycles. The minimum Gasteiger partial charge on any atom is -0.382 e. The smallest absolute Gasteiger partial charge is 0.382 e. The van der Waals surface area contributed by atoms with Gasteiger partial charge in [-0.05, 0) is 29.2 Å². The van der Waals surface area contributed by atoms with Gasteiger partial charge in [-0.3, -0.25) is 4.79 Å². The maximum Gasteiger partial charge on any atom is 0.416 e. The van der Waals surface area contributed by atoms with Gasteiger partial charge in [0.15, 0.2) is 5.82 Å². The summed E-state index contributed by atoms with van der Waals surface area (Å²) in [4.78, 5) is 11.2. The Kier molecular flexibility index (Phi) is 4.03. The van der Waals surface area contributed by atoms with Crippen molar-refractivity contribution >= 4 is 28.3 Å². The number of nitrogen functional groups attached to an aromatic ring is 1. The minimum atomic E-state index is -4.36. The SMILES string of the molecule is NC(=O)c1c(N)nsc1NCc1ccc(C(F)(F)F)cc1. The van der Waals surface area contributed by atoms with Crippen LogP contribution in [0.3, 0.4) is 0 Å². The van der Waals surface area contributed by atoms with Crippen molar-refractivity contribution in [3.63, 3.8) is 0 Å². The maximum absolute atomic E-state index is 12.4. The molecule has 0 spiro atoms. The number of hydrogen-bond acceptors (Lipinski definition) is 5. The molecule has 0 aliphatic heterocycles. The molecule has 5 nitrogen and oxygen atoms in total. The molecule has 1 aromatic carbocycles. The van der Waals surface area contributed by atoms with Crippen LogP contribution < -0.4 is 16.8 Å². The number of benzene rings is 1. The van der Waals surface area contributed by atoms with Crippen molar-refractivity contribution in [1.82, 2.24) is 4.37 Å². The van der Waals surface area contributed by atoms with Crippen LogP contribution in [0.25, 0.3) is 0 Å². The van der Waals surface area contributed by atoms with Crippen LogP contribution in [0, 0.1) is 0 Å². The zero-order valence-corrected chi connectivity index (χ0v) is 11.4. The summed E-state index contributed by atoms with van der Waals surface area (Å²) in [6, 6.07) is 4.69. The van der Waals surface area contributed by atoms with Gasteiger partial charge in [-0.2, -0.15) is 17.5 Å². The van der Waals surface area contributed by atoms with E-state index in [1.54, 1.807) is 0 Å². The fourth-order valence-electron chi connectivity index (χ4n) is 1.66. The van der Waals surface area contributed by atoms with E-state index in [0.29, 0.717) is 10.6 Å². The first-order valence-electron chi connectivity index (χ1n) is 5.74. The highest BCUT2D eigenvalue weighted by Gasteiger charge is 2.29. The van der Waals surface area contributed by atoms with Crippen molar-refractivity contribution in [2.75, 3.05) is 11.1 Å². The molecule has 112 valence electrons. The van der Waals surface area contributed by atoms with E-state index in [0.717, 1.165) is 23.7 Å². The van der Waals surface area contributed by atoms with Crippen LogP contribution in [0.1, 0.15) is 21.5 Å². The number of carbonyl (C=O) groups excluding carboxylic acids is 1. The monoisotopic (exact) mass is 316 g/mol. The van der Waals surface area contributed by atoms with Gasteiger partial charge in [-0.15, -0.1) is 0 Å². The molecule has 0 aliphatic rings. The van der Waals surface area contributed by atoms with Gasteiger partial charge in [0.05, 0.1) is 5.56 Å². The lowest BCUT2D eigenvalue weighted by Crippen LogP contribution is -2.14. The Hall–Kier alpha value is -2.29. The Morgan fingerprint density at radius 2 is 1.90 bits per heavy atom. The molecule has 0 fully saturated rings. The molecular formula is C12H11F3N4OS. The zero-order chi connectivity index (χ0) is 15.6. The highest BCUT2D eigenvalue weighted by molar-refractivity contribution is 7.11. The molecule has 1 heterocycles. The molecule has 0 unspecified atom stereocenters. The van der Waals surface area contributed by atoms with Crippen LogP contribution >= 0.6 is 11.5 Å².